The Morgan fingerprint density at radius 3 is 3.10 bits per heavy atom. The van der Waals surface area contributed by atoms with Gasteiger partial charge in [0, 0.05) is 25.5 Å². The van der Waals surface area contributed by atoms with E-state index in [1.165, 1.54) is 0 Å². The Labute approximate surface area is 131 Å². The number of imidazole rings is 1. The topological polar surface area (TPSA) is 52.0 Å². The Hall–Kier alpha value is -1.79. The molecule has 0 bridgehead atoms. The van der Waals surface area contributed by atoms with Crippen LogP contribution in [0.2, 0.25) is 5.02 Å². The summed E-state index contributed by atoms with van der Waals surface area (Å²) in [5.74, 6) is 0.747. The number of methoxy groups -OCH3 is 1. The SMILES string of the molecule is COc1ccc(Cl)c2sc(NCCCn3ccnc3)nc12. The molecule has 3 aromatic rings. The van der Waals surface area contributed by atoms with E-state index in [-0.39, 0.29) is 0 Å². The minimum Gasteiger partial charge on any atom is -0.494 e. The van der Waals surface area contributed by atoms with Crippen LogP contribution in [0.15, 0.2) is 30.9 Å². The maximum absolute atomic E-state index is 6.20. The van der Waals surface area contributed by atoms with Gasteiger partial charge in [0.15, 0.2) is 5.13 Å². The summed E-state index contributed by atoms with van der Waals surface area (Å²) in [5, 5.41) is 4.90. The van der Waals surface area contributed by atoms with Crippen molar-refractivity contribution in [2.24, 2.45) is 0 Å². The number of halogens is 1. The van der Waals surface area contributed by atoms with E-state index in [4.69, 9.17) is 16.3 Å². The number of aromatic nitrogens is 3. The molecule has 0 aliphatic heterocycles. The summed E-state index contributed by atoms with van der Waals surface area (Å²) in [6.07, 6.45) is 6.57. The molecule has 1 N–H and O–H groups in total. The molecule has 0 aliphatic rings. The van der Waals surface area contributed by atoms with Gasteiger partial charge in [-0.15, -0.1) is 0 Å². The first-order chi connectivity index (χ1) is 10.3. The number of ether oxygens (including phenoxy) is 1. The van der Waals surface area contributed by atoms with Crippen molar-refractivity contribution in [2.75, 3.05) is 19.0 Å². The van der Waals surface area contributed by atoms with Crippen molar-refractivity contribution in [3.63, 3.8) is 0 Å². The number of nitrogens with zero attached hydrogens (tertiary/aromatic N) is 3. The maximum Gasteiger partial charge on any atom is 0.183 e. The first-order valence-corrected chi connectivity index (χ1v) is 7.80. The number of fused-ring (bicyclic) bond motifs is 1. The average molecular weight is 323 g/mol. The van der Waals surface area contributed by atoms with Crippen LogP contribution in [-0.2, 0) is 6.54 Å². The van der Waals surface area contributed by atoms with Gasteiger partial charge in [0.05, 0.1) is 23.2 Å². The molecule has 0 spiro atoms. The van der Waals surface area contributed by atoms with Crippen LogP contribution in [0.4, 0.5) is 5.13 Å². The summed E-state index contributed by atoms with van der Waals surface area (Å²) in [6.45, 7) is 1.78. The molecule has 0 amide bonds. The van der Waals surface area contributed by atoms with Gasteiger partial charge in [0.2, 0.25) is 0 Å². The largest absolute Gasteiger partial charge is 0.494 e. The lowest BCUT2D eigenvalue weighted by atomic mass is 10.3. The van der Waals surface area contributed by atoms with E-state index < -0.39 is 0 Å². The second-order valence-electron chi connectivity index (χ2n) is 4.53. The normalized spacial score (nSPS) is 11.0. The van der Waals surface area contributed by atoms with Crippen molar-refractivity contribution >= 4 is 38.3 Å². The number of hydrogen-bond donors (Lipinski definition) is 1. The quantitative estimate of drug-likeness (QED) is 0.704. The van der Waals surface area contributed by atoms with Crippen molar-refractivity contribution in [2.45, 2.75) is 13.0 Å². The van der Waals surface area contributed by atoms with E-state index >= 15 is 0 Å². The van der Waals surface area contributed by atoms with E-state index in [1.54, 1.807) is 24.6 Å². The highest BCUT2D eigenvalue weighted by Crippen LogP contribution is 2.37. The standard InChI is InChI=1S/C14H15ClN4OS/c1-20-11-4-3-10(15)13-12(11)18-14(21-13)17-5-2-7-19-8-6-16-9-19/h3-4,6,8-9H,2,5,7H2,1H3,(H,17,18). The predicted octanol–water partition coefficient (Wildman–Crippen LogP) is 3.66. The molecule has 0 atom stereocenters. The molecule has 2 aromatic heterocycles. The number of aryl methyl sites for hydroxylation is 1. The van der Waals surface area contributed by atoms with Crippen molar-refractivity contribution in [3.8, 4) is 5.75 Å². The van der Waals surface area contributed by atoms with Gasteiger partial charge in [0.25, 0.3) is 0 Å². The van der Waals surface area contributed by atoms with Gasteiger partial charge in [-0.3, -0.25) is 0 Å². The molecule has 0 saturated heterocycles. The van der Waals surface area contributed by atoms with E-state index in [9.17, 15) is 0 Å². The molecule has 0 aliphatic carbocycles. The van der Waals surface area contributed by atoms with Gasteiger partial charge in [-0.25, -0.2) is 9.97 Å². The Bertz CT molecular complexity index is 726. The third-order valence-corrected chi connectivity index (χ3v) is 4.58. The highest BCUT2D eigenvalue weighted by Gasteiger charge is 2.11. The molecule has 5 nitrogen and oxygen atoms in total. The monoisotopic (exact) mass is 322 g/mol. The lowest BCUT2D eigenvalue weighted by Crippen LogP contribution is -2.05. The highest BCUT2D eigenvalue weighted by atomic mass is 35.5. The second-order valence-corrected chi connectivity index (χ2v) is 5.93. The summed E-state index contributed by atoms with van der Waals surface area (Å²) in [4.78, 5) is 8.58. The van der Waals surface area contributed by atoms with Crippen molar-refractivity contribution < 1.29 is 4.74 Å². The molecule has 0 saturated carbocycles. The fourth-order valence-electron chi connectivity index (χ4n) is 2.07. The van der Waals surface area contributed by atoms with Crippen LogP contribution < -0.4 is 10.1 Å². The first kappa shape index (κ1) is 14.2. The average Bonchev–Trinajstić information content (AvgIpc) is 3.14. The van der Waals surface area contributed by atoms with E-state index in [0.717, 1.165) is 40.6 Å². The first-order valence-electron chi connectivity index (χ1n) is 6.60. The zero-order valence-corrected chi connectivity index (χ0v) is 13.1. The lowest BCUT2D eigenvalue weighted by Gasteiger charge is -2.03. The summed E-state index contributed by atoms with van der Waals surface area (Å²) >= 11 is 7.75. The Morgan fingerprint density at radius 1 is 1.43 bits per heavy atom. The van der Waals surface area contributed by atoms with Gasteiger partial charge in [-0.1, -0.05) is 22.9 Å². The van der Waals surface area contributed by atoms with Crippen LogP contribution in [0.1, 0.15) is 6.42 Å². The van der Waals surface area contributed by atoms with Crippen LogP contribution >= 0.6 is 22.9 Å². The van der Waals surface area contributed by atoms with Gasteiger partial charge >= 0.3 is 0 Å². The molecular weight excluding hydrogens is 308 g/mol. The molecule has 0 radical (unpaired) electrons. The molecule has 0 unspecified atom stereocenters. The van der Waals surface area contributed by atoms with Crippen LogP contribution in [0.5, 0.6) is 5.75 Å². The van der Waals surface area contributed by atoms with Crippen LogP contribution in [0.3, 0.4) is 0 Å². The molecule has 0 fully saturated rings. The molecular formula is C14H15ClN4OS. The van der Waals surface area contributed by atoms with Crippen molar-refractivity contribution in [1.29, 1.82) is 0 Å². The number of thiazole rings is 1. The molecule has 2 heterocycles. The van der Waals surface area contributed by atoms with Crippen molar-refractivity contribution in [3.05, 3.63) is 35.9 Å². The maximum atomic E-state index is 6.20. The Balaban J connectivity index is 1.66. The third-order valence-electron chi connectivity index (χ3n) is 3.11. The Morgan fingerprint density at radius 2 is 2.33 bits per heavy atom. The fraction of sp³-hybridized carbons (Fsp3) is 0.286. The zero-order valence-electron chi connectivity index (χ0n) is 11.5. The summed E-state index contributed by atoms with van der Waals surface area (Å²) < 4.78 is 8.33. The van der Waals surface area contributed by atoms with E-state index in [2.05, 4.69) is 19.9 Å². The van der Waals surface area contributed by atoms with Crippen LogP contribution in [0.25, 0.3) is 10.2 Å². The third kappa shape index (κ3) is 3.11. The van der Waals surface area contributed by atoms with Gasteiger partial charge in [-0.05, 0) is 18.6 Å². The van der Waals surface area contributed by atoms with Crippen LogP contribution in [-0.4, -0.2) is 28.2 Å². The van der Waals surface area contributed by atoms with Crippen molar-refractivity contribution in [1.82, 2.24) is 14.5 Å². The predicted molar refractivity (Wildman–Crippen MR) is 86.5 cm³/mol. The number of nitrogens with one attached hydrogen (secondary N) is 1. The lowest BCUT2D eigenvalue weighted by molar-refractivity contribution is 0.419. The Kier molecular flexibility index (Phi) is 4.26. The minimum absolute atomic E-state index is 0.703. The molecule has 3 rings (SSSR count). The van der Waals surface area contributed by atoms with Gasteiger partial charge in [0.1, 0.15) is 11.3 Å². The summed E-state index contributed by atoms with van der Waals surface area (Å²) in [7, 11) is 1.64. The van der Waals surface area contributed by atoms with Crippen LogP contribution in [0, 0.1) is 0 Å². The summed E-state index contributed by atoms with van der Waals surface area (Å²) in [5.41, 5.74) is 0.812. The smallest absolute Gasteiger partial charge is 0.183 e. The zero-order chi connectivity index (χ0) is 14.7. The molecule has 7 heteroatoms. The number of rotatable bonds is 6. The molecule has 1 aromatic carbocycles. The number of benzene rings is 1. The number of hydrogen-bond acceptors (Lipinski definition) is 5. The second kappa shape index (κ2) is 6.32. The van der Waals surface area contributed by atoms with E-state index in [0.29, 0.717) is 5.02 Å². The number of anilines is 1. The van der Waals surface area contributed by atoms with Gasteiger partial charge < -0.3 is 14.6 Å². The van der Waals surface area contributed by atoms with Gasteiger partial charge in [-0.2, -0.15) is 0 Å². The summed E-state index contributed by atoms with van der Waals surface area (Å²) in [6, 6.07) is 3.68. The molecule has 21 heavy (non-hydrogen) atoms. The minimum atomic E-state index is 0.703. The highest BCUT2D eigenvalue weighted by molar-refractivity contribution is 7.22. The molecule has 110 valence electrons. The fourth-order valence-corrected chi connectivity index (χ4v) is 3.25. The van der Waals surface area contributed by atoms with E-state index in [1.807, 2.05) is 24.7 Å².